The first kappa shape index (κ1) is 16.4. The van der Waals surface area contributed by atoms with Gasteiger partial charge in [-0.25, -0.2) is 9.37 Å². The molecule has 0 unspecified atom stereocenters. The minimum absolute atomic E-state index is 0.320. The predicted molar refractivity (Wildman–Crippen MR) is 88.1 cm³/mol. The molecule has 0 aliphatic carbocycles. The zero-order valence-corrected chi connectivity index (χ0v) is 14.8. The summed E-state index contributed by atoms with van der Waals surface area (Å²) in [6, 6.07) is 6.60. The minimum Gasteiger partial charge on any atom is -0.438 e. The maximum atomic E-state index is 13.1. The second-order valence-electron chi connectivity index (χ2n) is 4.83. The van der Waals surface area contributed by atoms with Crippen LogP contribution in [0.2, 0.25) is 0 Å². The van der Waals surface area contributed by atoms with Crippen molar-refractivity contribution < 1.29 is 9.13 Å². The second-order valence-corrected chi connectivity index (χ2v) is 6.60. The number of rotatable bonds is 5. The molecule has 1 aromatic carbocycles. The molecule has 0 spiro atoms. The molecule has 0 amide bonds. The van der Waals surface area contributed by atoms with E-state index in [1.54, 1.807) is 12.3 Å². The van der Waals surface area contributed by atoms with E-state index in [0.29, 0.717) is 28.7 Å². The van der Waals surface area contributed by atoms with Crippen molar-refractivity contribution in [3.8, 4) is 11.6 Å². The Hall–Kier alpha value is -0.980. The van der Waals surface area contributed by atoms with Gasteiger partial charge >= 0.3 is 0 Å². The van der Waals surface area contributed by atoms with E-state index in [4.69, 9.17) is 4.74 Å². The average Bonchev–Trinajstić information content (AvgIpc) is 2.41. The van der Waals surface area contributed by atoms with E-state index in [0.717, 1.165) is 10.0 Å². The van der Waals surface area contributed by atoms with Gasteiger partial charge in [-0.05, 0) is 56.1 Å². The van der Waals surface area contributed by atoms with E-state index >= 15 is 0 Å². The molecule has 1 aromatic heterocycles. The van der Waals surface area contributed by atoms with Crippen LogP contribution < -0.4 is 10.1 Å². The highest BCUT2D eigenvalue weighted by molar-refractivity contribution is 9.10. The molecule has 0 fully saturated rings. The molecule has 1 N–H and O–H groups in total. The lowest BCUT2D eigenvalue weighted by molar-refractivity contribution is 0.446. The van der Waals surface area contributed by atoms with Crippen LogP contribution in [0.15, 0.2) is 39.4 Å². The Kier molecular flexibility index (Phi) is 5.72. The highest BCUT2D eigenvalue weighted by atomic mass is 79.9. The van der Waals surface area contributed by atoms with Crippen LogP contribution in [0.5, 0.6) is 11.6 Å². The molecule has 2 rings (SSSR count). The molecular formula is C15H15Br2FN2O. The van der Waals surface area contributed by atoms with Gasteiger partial charge in [-0.1, -0.05) is 13.8 Å². The monoisotopic (exact) mass is 416 g/mol. The number of pyridine rings is 1. The first-order valence-corrected chi connectivity index (χ1v) is 8.05. The lowest BCUT2D eigenvalue weighted by atomic mass is 10.2. The highest BCUT2D eigenvalue weighted by Crippen LogP contribution is 2.31. The fraction of sp³-hybridized carbons (Fsp3) is 0.267. The summed E-state index contributed by atoms with van der Waals surface area (Å²) in [5, 5.41) is 3.33. The van der Waals surface area contributed by atoms with Gasteiger partial charge in [-0.3, -0.25) is 0 Å². The Morgan fingerprint density at radius 1 is 1.29 bits per heavy atom. The van der Waals surface area contributed by atoms with Gasteiger partial charge < -0.3 is 10.1 Å². The second kappa shape index (κ2) is 7.33. The number of nitrogens with one attached hydrogen (secondary N) is 1. The topological polar surface area (TPSA) is 34.2 Å². The van der Waals surface area contributed by atoms with Gasteiger partial charge in [0.2, 0.25) is 5.88 Å². The number of hydrogen-bond acceptors (Lipinski definition) is 3. The van der Waals surface area contributed by atoms with Crippen LogP contribution >= 0.6 is 31.9 Å². The van der Waals surface area contributed by atoms with Gasteiger partial charge in [0.15, 0.2) is 0 Å². The third-order valence-electron chi connectivity index (χ3n) is 2.69. The molecule has 0 atom stereocenters. The molecule has 3 nitrogen and oxygen atoms in total. The van der Waals surface area contributed by atoms with Crippen LogP contribution in [-0.2, 0) is 6.54 Å². The molecule has 0 saturated heterocycles. The molecule has 0 saturated carbocycles. The molecule has 1 heterocycles. The predicted octanol–water partition coefficient (Wildman–Crippen LogP) is 5.04. The molecule has 0 bridgehead atoms. The molecule has 0 aliphatic rings. The van der Waals surface area contributed by atoms with E-state index in [-0.39, 0.29) is 5.82 Å². The molecule has 6 heteroatoms. The molecule has 112 valence electrons. The quantitative estimate of drug-likeness (QED) is 0.740. The first-order chi connectivity index (χ1) is 9.95. The summed E-state index contributed by atoms with van der Waals surface area (Å²) in [5.41, 5.74) is 0.925. The van der Waals surface area contributed by atoms with Gasteiger partial charge in [0, 0.05) is 28.8 Å². The molecule has 0 aliphatic heterocycles. The Morgan fingerprint density at radius 2 is 2.05 bits per heavy atom. The van der Waals surface area contributed by atoms with Gasteiger partial charge in [0.05, 0.1) is 4.47 Å². The Bertz CT molecular complexity index is 635. The maximum Gasteiger partial charge on any atom is 0.223 e. The van der Waals surface area contributed by atoms with E-state index in [2.05, 4.69) is 56.0 Å². The number of nitrogens with zero attached hydrogens (tertiary/aromatic N) is 1. The zero-order valence-electron chi connectivity index (χ0n) is 11.7. The third kappa shape index (κ3) is 4.76. The zero-order chi connectivity index (χ0) is 15.4. The van der Waals surface area contributed by atoms with Crippen molar-refractivity contribution in [3.05, 3.63) is 50.8 Å². The minimum atomic E-state index is -0.320. The van der Waals surface area contributed by atoms with Crippen molar-refractivity contribution >= 4 is 31.9 Å². The van der Waals surface area contributed by atoms with Crippen molar-refractivity contribution in [2.45, 2.75) is 26.4 Å². The van der Waals surface area contributed by atoms with Crippen molar-refractivity contribution in [2.24, 2.45) is 0 Å². The van der Waals surface area contributed by atoms with E-state index in [9.17, 15) is 4.39 Å². The lowest BCUT2D eigenvalue weighted by Crippen LogP contribution is -2.22. The SMILES string of the molecule is CC(C)NCc1cc(Br)cnc1Oc1ccc(F)cc1Br. The van der Waals surface area contributed by atoms with Crippen LogP contribution in [0, 0.1) is 5.82 Å². The van der Waals surface area contributed by atoms with E-state index in [1.807, 2.05) is 6.07 Å². The van der Waals surface area contributed by atoms with E-state index < -0.39 is 0 Å². The summed E-state index contributed by atoms with van der Waals surface area (Å²) in [6.45, 7) is 4.78. The smallest absolute Gasteiger partial charge is 0.223 e. The van der Waals surface area contributed by atoms with E-state index in [1.165, 1.54) is 12.1 Å². The van der Waals surface area contributed by atoms with Gasteiger partial charge in [0.1, 0.15) is 11.6 Å². The highest BCUT2D eigenvalue weighted by Gasteiger charge is 2.11. The van der Waals surface area contributed by atoms with Crippen LogP contribution in [-0.4, -0.2) is 11.0 Å². The number of ether oxygens (including phenoxy) is 1. The molecule has 0 radical (unpaired) electrons. The number of hydrogen-bond donors (Lipinski definition) is 1. The summed E-state index contributed by atoms with van der Waals surface area (Å²) in [6.07, 6.45) is 1.67. The molecule has 21 heavy (non-hydrogen) atoms. The summed E-state index contributed by atoms with van der Waals surface area (Å²) in [5.74, 6) is 0.704. The molecular weight excluding hydrogens is 403 g/mol. The van der Waals surface area contributed by atoms with Gasteiger partial charge in [-0.2, -0.15) is 0 Å². The Morgan fingerprint density at radius 3 is 2.71 bits per heavy atom. The van der Waals surface area contributed by atoms with Crippen molar-refractivity contribution in [1.82, 2.24) is 10.3 Å². The summed E-state index contributed by atoms with van der Waals surface area (Å²) < 4.78 is 20.3. The van der Waals surface area contributed by atoms with Gasteiger partial charge in [0.25, 0.3) is 0 Å². The number of halogens is 3. The van der Waals surface area contributed by atoms with Crippen LogP contribution in [0.4, 0.5) is 4.39 Å². The third-order valence-corrected chi connectivity index (χ3v) is 3.75. The van der Waals surface area contributed by atoms with Crippen molar-refractivity contribution in [3.63, 3.8) is 0 Å². The Labute approximate surface area is 140 Å². The summed E-state index contributed by atoms with van der Waals surface area (Å²) >= 11 is 6.70. The summed E-state index contributed by atoms with van der Waals surface area (Å²) in [7, 11) is 0. The lowest BCUT2D eigenvalue weighted by Gasteiger charge is -2.13. The van der Waals surface area contributed by atoms with Crippen LogP contribution in [0.1, 0.15) is 19.4 Å². The Balaban J connectivity index is 2.26. The molecule has 2 aromatic rings. The largest absolute Gasteiger partial charge is 0.438 e. The normalized spacial score (nSPS) is 11.0. The fourth-order valence-corrected chi connectivity index (χ4v) is 2.47. The van der Waals surface area contributed by atoms with Crippen molar-refractivity contribution in [2.75, 3.05) is 0 Å². The average molecular weight is 418 g/mol. The fourth-order valence-electron chi connectivity index (χ4n) is 1.66. The number of aromatic nitrogens is 1. The maximum absolute atomic E-state index is 13.1. The van der Waals surface area contributed by atoms with Gasteiger partial charge in [-0.15, -0.1) is 0 Å². The van der Waals surface area contributed by atoms with Crippen LogP contribution in [0.3, 0.4) is 0 Å². The summed E-state index contributed by atoms with van der Waals surface area (Å²) in [4.78, 5) is 4.29. The van der Waals surface area contributed by atoms with Crippen molar-refractivity contribution in [1.29, 1.82) is 0 Å². The van der Waals surface area contributed by atoms with Crippen LogP contribution in [0.25, 0.3) is 0 Å². The standard InChI is InChI=1S/C15H15Br2FN2O/c1-9(2)19-7-10-5-11(16)8-20-15(10)21-14-4-3-12(18)6-13(14)17/h3-6,8-9,19H,7H2,1-2H3. The number of benzene rings is 1. The first-order valence-electron chi connectivity index (χ1n) is 6.46.